The fourth-order valence-corrected chi connectivity index (χ4v) is 4.81. The average Bonchev–Trinajstić information content (AvgIpc) is 2.99. The van der Waals surface area contributed by atoms with Crippen LogP contribution in [0, 0.1) is 5.92 Å². The molecule has 0 aromatic heterocycles. The number of nitrogens with zero attached hydrogens (tertiary/aromatic N) is 1. The predicted molar refractivity (Wildman–Crippen MR) is 175 cm³/mol. The average molecular weight is 664 g/mol. The molecule has 0 fully saturated rings. The Labute approximate surface area is 272 Å². The fraction of sp³-hybridized carbons (Fsp3) is 0.567. The summed E-state index contributed by atoms with van der Waals surface area (Å²) in [5, 5.41) is 19.0. The van der Waals surface area contributed by atoms with Gasteiger partial charge >= 0.3 is 11.9 Å². The van der Waals surface area contributed by atoms with Crippen LogP contribution in [0.15, 0.2) is 11.1 Å². The lowest BCUT2D eigenvalue weighted by atomic mass is 9.77. The van der Waals surface area contributed by atoms with E-state index in [4.69, 9.17) is 45.9 Å². The summed E-state index contributed by atoms with van der Waals surface area (Å²) >= 11 is 0. The number of hydrogen-bond donors (Lipinski definition) is 10. The molecule has 0 saturated carbocycles. The number of carbonyl (C=O) groups is 6. The molecule has 0 heterocycles. The monoisotopic (exact) mass is 663 g/mol. The highest BCUT2D eigenvalue weighted by atomic mass is 16.4. The maximum absolute atomic E-state index is 14.1. The highest BCUT2D eigenvalue weighted by Crippen LogP contribution is 2.31. The van der Waals surface area contributed by atoms with Crippen molar-refractivity contribution in [3.8, 4) is 0 Å². The summed E-state index contributed by atoms with van der Waals surface area (Å²) in [7, 11) is 0. The number of unbranched alkanes of at least 4 members (excludes halogenated alkanes) is 1. The van der Waals surface area contributed by atoms with Crippen LogP contribution in [0.1, 0.15) is 99.4 Å². The van der Waals surface area contributed by atoms with Crippen molar-refractivity contribution in [3.05, 3.63) is 33.9 Å². The van der Waals surface area contributed by atoms with E-state index in [1.807, 2.05) is 0 Å². The minimum Gasteiger partial charge on any atom is -0.481 e. The number of hydrogen-bond acceptors (Lipinski definition) is 13. The van der Waals surface area contributed by atoms with Crippen molar-refractivity contribution >= 4 is 41.0 Å². The van der Waals surface area contributed by atoms with Crippen molar-refractivity contribution < 1.29 is 39.0 Å². The van der Waals surface area contributed by atoms with Gasteiger partial charge in [-0.05, 0) is 56.2 Å². The van der Waals surface area contributed by atoms with Gasteiger partial charge in [0.25, 0.3) is 0 Å². The third-order valence-corrected chi connectivity index (χ3v) is 7.53. The third kappa shape index (κ3) is 11.6. The molecule has 0 radical (unpaired) electrons. The number of aliphatic imine (C=N–C) groups is 1. The Hall–Kier alpha value is -4.13. The van der Waals surface area contributed by atoms with E-state index in [9.17, 15) is 39.0 Å². The zero-order valence-corrected chi connectivity index (χ0v) is 26.8. The number of benzene rings is 1. The molecule has 262 valence electrons. The molecule has 0 saturated heterocycles. The molecule has 1 aromatic carbocycles. The Bertz CT molecular complexity index is 1360. The second-order valence-electron chi connectivity index (χ2n) is 11.7. The number of carboxylic acids is 2. The number of Topliss-reactive ketones (excluding diaryl/α,β-unsaturated/α-hetero) is 4. The van der Waals surface area contributed by atoms with Crippen molar-refractivity contribution in [3.63, 3.8) is 0 Å². The summed E-state index contributed by atoms with van der Waals surface area (Å²) in [5.41, 5.74) is 44.4. The van der Waals surface area contributed by atoms with E-state index in [0.717, 1.165) is 6.07 Å². The van der Waals surface area contributed by atoms with Crippen LogP contribution in [0.25, 0.3) is 0 Å². The number of rotatable bonds is 22. The first-order valence-electron chi connectivity index (χ1n) is 15.2. The Balaban J connectivity index is 4.33. The normalized spacial score (nSPS) is 14.5. The van der Waals surface area contributed by atoms with Gasteiger partial charge in [-0.2, -0.15) is 0 Å². The molecule has 0 aliphatic carbocycles. The molecule has 47 heavy (non-hydrogen) atoms. The Morgan fingerprint density at radius 2 is 1.28 bits per heavy atom. The number of ketones is 4. The molecule has 0 aliphatic rings. The van der Waals surface area contributed by atoms with Gasteiger partial charge in [0.1, 0.15) is 6.04 Å². The summed E-state index contributed by atoms with van der Waals surface area (Å²) in [6.07, 6.45) is -0.285. The summed E-state index contributed by atoms with van der Waals surface area (Å²) in [6.45, 7) is 3.65. The van der Waals surface area contributed by atoms with Gasteiger partial charge in [-0.25, -0.2) is 0 Å². The molecule has 18 N–H and O–H groups in total. The largest absolute Gasteiger partial charge is 0.481 e. The highest BCUT2D eigenvalue weighted by molar-refractivity contribution is 6.23. The summed E-state index contributed by atoms with van der Waals surface area (Å²) in [5.74, 6) is -7.48. The number of aliphatic carboxylic acids is 2. The van der Waals surface area contributed by atoms with Gasteiger partial charge < -0.3 is 56.1 Å². The van der Waals surface area contributed by atoms with E-state index in [1.165, 1.54) is 0 Å². The molecular weight excluding hydrogens is 614 g/mol. The number of carboxylic acid groups (broad SMARTS) is 2. The minimum atomic E-state index is -1.80. The molecular formula is C30H49N9O8. The number of nitrogens with two attached hydrogens (primary N) is 8. The van der Waals surface area contributed by atoms with E-state index in [1.54, 1.807) is 13.8 Å². The van der Waals surface area contributed by atoms with Crippen molar-refractivity contribution in [2.45, 2.75) is 89.0 Å². The number of guanidine groups is 1. The van der Waals surface area contributed by atoms with Gasteiger partial charge in [0, 0.05) is 28.8 Å². The van der Waals surface area contributed by atoms with E-state index < -0.39 is 106 Å². The van der Waals surface area contributed by atoms with Crippen LogP contribution in [-0.2, 0) is 16.0 Å². The molecule has 0 aliphatic heterocycles. The first-order chi connectivity index (χ1) is 21.9. The highest BCUT2D eigenvalue weighted by Gasteiger charge is 2.38. The zero-order chi connectivity index (χ0) is 36.2. The lowest BCUT2D eigenvalue weighted by Gasteiger charge is -2.26. The zero-order valence-electron chi connectivity index (χ0n) is 26.8. The SMILES string of the molecule is CC(C)C(N)C(=O)c1c(CC(N)C(=O)O)cc(C(=O)C(N)CCCN=C(N)N)c(C(=O)C(N)CCCCN)c1C(=O)C(N)CC(=O)O. The third-order valence-electron chi connectivity index (χ3n) is 7.53. The Morgan fingerprint density at radius 1 is 0.723 bits per heavy atom. The van der Waals surface area contributed by atoms with Crippen molar-refractivity contribution in [2.75, 3.05) is 13.1 Å². The van der Waals surface area contributed by atoms with E-state index >= 15 is 0 Å². The van der Waals surface area contributed by atoms with Crippen molar-refractivity contribution in [1.82, 2.24) is 0 Å². The molecule has 17 heteroatoms. The number of carbonyl (C=O) groups excluding carboxylic acids is 4. The first kappa shape index (κ1) is 40.9. The molecule has 1 aromatic rings. The molecule has 0 spiro atoms. The van der Waals surface area contributed by atoms with Crippen molar-refractivity contribution in [1.29, 1.82) is 0 Å². The van der Waals surface area contributed by atoms with E-state index in [0.29, 0.717) is 19.4 Å². The first-order valence-corrected chi connectivity index (χ1v) is 15.2. The molecule has 5 atom stereocenters. The molecule has 5 unspecified atom stereocenters. The quantitative estimate of drug-likeness (QED) is 0.0277. The van der Waals surface area contributed by atoms with Crippen LogP contribution >= 0.6 is 0 Å². The molecule has 1 rings (SSSR count). The molecule has 0 amide bonds. The molecule has 0 bridgehead atoms. The van der Waals surface area contributed by atoms with Crippen LogP contribution in [0.4, 0.5) is 0 Å². The lowest BCUT2D eigenvalue weighted by Crippen LogP contribution is -2.43. The van der Waals surface area contributed by atoms with Crippen molar-refractivity contribution in [2.24, 2.45) is 56.8 Å². The molecule has 17 nitrogen and oxygen atoms in total. The lowest BCUT2D eigenvalue weighted by molar-refractivity contribution is -0.139. The Kier molecular flexibility index (Phi) is 16.4. The van der Waals surface area contributed by atoms with Gasteiger partial charge in [-0.15, -0.1) is 0 Å². The maximum Gasteiger partial charge on any atom is 0.320 e. The fourth-order valence-electron chi connectivity index (χ4n) is 4.81. The Morgan fingerprint density at radius 3 is 1.79 bits per heavy atom. The predicted octanol–water partition coefficient (Wildman–Crippen LogP) is -2.01. The van der Waals surface area contributed by atoms with Crippen LogP contribution in [0.2, 0.25) is 0 Å². The van der Waals surface area contributed by atoms with Crippen LogP contribution in [0.3, 0.4) is 0 Å². The summed E-state index contributed by atoms with van der Waals surface area (Å²) < 4.78 is 0. The maximum atomic E-state index is 14.1. The minimum absolute atomic E-state index is 0.0104. The topological polar surface area (TPSA) is 363 Å². The van der Waals surface area contributed by atoms with Crippen LogP contribution in [0.5, 0.6) is 0 Å². The van der Waals surface area contributed by atoms with Gasteiger partial charge in [0.05, 0.1) is 30.6 Å². The van der Waals surface area contributed by atoms with Gasteiger partial charge in [0.2, 0.25) is 0 Å². The van der Waals surface area contributed by atoms with E-state index in [2.05, 4.69) is 4.99 Å². The smallest absolute Gasteiger partial charge is 0.320 e. The summed E-state index contributed by atoms with van der Waals surface area (Å²) in [6, 6.07) is -6.21. The second-order valence-corrected chi connectivity index (χ2v) is 11.7. The standard InChI is InChI=1S/C30H49N9O8/c1-13(2)24(36)28(45)21-14(11-19(35)29(46)47)10-15(25(42)16(32)7-5-9-39-30(37)38)22(26(43)17(33)6-3-4-8-31)23(21)27(44)18(34)12-20(40)41/h10,13,16-19,24H,3-9,11-12,31-36H2,1-2H3,(H,40,41)(H,46,47)(H4,37,38,39). The van der Waals surface area contributed by atoms with Crippen LogP contribution < -0.4 is 45.9 Å². The summed E-state index contributed by atoms with van der Waals surface area (Å²) in [4.78, 5) is 83.4. The van der Waals surface area contributed by atoms with Gasteiger partial charge in [-0.3, -0.25) is 33.8 Å². The second kappa shape index (κ2) is 18.9. The van der Waals surface area contributed by atoms with Gasteiger partial charge in [-0.1, -0.05) is 20.3 Å². The van der Waals surface area contributed by atoms with E-state index in [-0.39, 0.29) is 37.3 Å². The van der Waals surface area contributed by atoms with Gasteiger partial charge in [0.15, 0.2) is 29.1 Å². The van der Waals surface area contributed by atoms with Crippen LogP contribution in [-0.4, -0.2) is 94.5 Å².